The van der Waals surface area contributed by atoms with E-state index >= 15 is 0 Å². The summed E-state index contributed by atoms with van der Waals surface area (Å²) in [7, 11) is -7.32. The van der Waals surface area contributed by atoms with Crippen LogP contribution >= 0.6 is 11.3 Å². The average molecular weight is 461 g/mol. The van der Waals surface area contributed by atoms with Gasteiger partial charge >= 0.3 is 0 Å². The molecule has 12 heteroatoms. The van der Waals surface area contributed by atoms with Crippen LogP contribution in [-0.2, 0) is 24.7 Å². The van der Waals surface area contributed by atoms with E-state index in [2.05, 4.69) is 20.2 Å². The molecular formula is C17H24N4O5S3. The fourth-order valence-electron chi connectivity index (χ4n) is 2.23. The second-order valence-electron chi connectivity index (χ2n) is 7.50. The third kappa shape index (κ3) is 6.04. The molecule has 2 aromatic rings. The molecule has 0 aliphatic heterocycles. The molecule has 0 spiro atoms. The Hall–Kier alpha value is -1.89. The monoisotopic (exact) mass is 460 g/mol. The van der Waals surface area contributed by atoms with E-state index in [1.54, 1.807) is 39.8 Å². The van der Waals surface area contributed by atoms with Crippen LogP contribution < -0.4 is 10.0 Å². The number of carbonyl (C=O) groups excluding carboxylic acids is 1. The van der Waals surface area contributed by atoms with Gasteiger partial charge in [0, 0.05) is 17.7 Å². The van der Waals surface area contributed by atoms with Crippen molar-refractivity contribution in [1.82, 2.24) is 14.9 Å². The molecule has 29 heavy (non-hydrogen) atoms. The van der Waals surface area contributed by atoms with Crippen molar-refractivity contribution in [3.05, 3.63) is 29.8 Å². The van der Waals surface area contributed by atoms with E-state index in [9.17, 15) is 21.6 Å². The average Bonchev–Trinajstić information content (AvgIpc) is 3.08. The van der Waals surface area contributed by atoms with Gasteiger partial charge in [-0.1, -0.05) is 51.2 Å². The first-order valence-corrected chi connectivity index (χ1v) is 12.9. The summed E-state index contributed by atoms with van der Waals surface area (Å²) in [4.78, 5) is 12.2. The largest absolute Gasteiger partial charge is 0.300 e. The molecule has 1 atom stereocenters. The molecule has 1 heterocycles. The first kappa shape index (κ1) is 23.4. The van der Waals surface area contributed by atoms with Crippen LogP contribution in [0.3, 0.4) is 0 Å². The number of amides is 1. The van der Waals surface area contributed by atoms with Crippen LogP contribution in [0.5, 0.6) is 0 Å². The number of sulfone groups is 1. The number of aromatic nitrogens is 2. The highest BCUT2D eigenvalue weighted by molar-refractivity contribution is 7.91. The maximum absolute atomic E-state index is 12.7. The molecule has 0 saturated heterocycles. The number of nitrogens with one attached hydrogen (secondary N) is 2. The zero-order chi connectivity index (χ0) is 22.0. The Kier molecular flexibility index (Phi) is 6.82. The Morgan fingerprint density at radius 3 is 2.17 bits per heavy atom. The summed E-state index contributed by atoms with van der Waals surface area (Å²) in [6, 6.07) is 5.44. The van der Waals surface area contributed by atoms with Gasteiger partial charge in [0.05, 0.1) is 4.90 Å². The highest BCUT2D eigenvalue weighted by atomic mass is 32.2. The van der Waals surface area contributed by atoms with E-state index in [1.807, 2.05) is 0 Å². The highest BCUT2D eigenvalue weighted by Gasteiger charge is 2.27. The van der Waals surface area contributed by atoms with Crippen LogP contribution in [0.2, 0.25) is 0 Å². The fraction of sp³-hybridized carbons (Fsp3) is 0.471. The molecule has 0 unspecified atom stereocenters. The quantitative estimate of drug-likeness (QED) is 0.605. The van der Waals surface area contributed by atoms with Crippen molar-refractivity contribution in [3.63, 3.8) is 0 Å². The van der Waals surface area contributed by atoms with Crippen molar-refractivity contribution in [2.45, 2.75) is 49.4 Å². The van der Waals surface area contributed by atoms with Crippen LogP contribution in [0.4, 0.5) is 5.13 Å². The van der Waals surface area contributed by atoms with E-state index in [1.165, 1.54) is 12.1 Å². The molecule has 1 aromatic heterocycles. The van der Waals surface area contributed by atoms with Crippen LogP contribution in [0, 0.1) is 5.41 Å². The zero-order valence-corrected chi connectivity index (χ0v) is 19.2. The second-order valence-corrected chi connectivity index (χ2v) is 12.4. The predicted octanol–water partition coefficient (Wildman–Crippen LogP) is 2.36. The minimum atomic E-state index is -3.98. The number of nitrogens with zero attached hydrogens (tertiary/aromatic N) is 2. The van der Waals surface area contributed by atoms with E-state index in [0.29, 0.717) is 12.0 Å². The molecular weight excluding hydrogens is 436 g/mol. The van der Waals surface area contributed by atoms with Gasteiger partial charge in [0.25, 0.3) is 10.0 Å². The summed E-state index contributed by atoms with van der Waals surface area (Å²) >= 11 is 0.754. The van der Waals surface area contributed by atoms with Gasteiger partial charge in [-0.15, -0.1) is 10.2 Å². The lowest BCUT2D eigenvalue weighted by molar-refractivity contribution is -0.123. The van der Waals surface area contributed by atoms with Gasteiger partial charge in [0.15, 0.2) is 9.84 Å². The van der Waals surface area contributed by atoms with E-state index in [0.717, 1.165) is 17.6 Å². The van der Waals surface area contributed by atoms with Gasteiger partial charge in [0.1, 0.15) is 0 Å². The van der Waals surface area contributed by atoms with Crippen LogP contribution in [0.25, 0.3) is 0 Å². The predicted molar refractivity (Wildman–Crippen MR) is 111 cm³/mol. The standard InChI is InChI=1S/C17H24N4O5S3/c1-6-13(11-7-9-12(10-8-11)28(5,23)24)21-29(25,26)16-20-19-15(27-16)18-14(22)17(2,3)4/h7-10,13,21H,6H2,1-5H3,(H,18,19,22)/t13-/m0/s1. The molecule has 9 nitrogen and oxygen atoms in total. The lowest BCUT2D eigenvalue weighted by Gasteiger charge is -2.17. The maximum atomic E-state index is 12.7. The molecule has 0 aliphatic rings. The molecule has 0 saturated carbocycles. The normalized spacial score (nSPS) is 13.8. The molecule has 0 fully saturated rings. The number of anilines is 1. The van der Waals surface area contributed by atoms with Gasteiger partial charge in [-0.05, 0) is 24.1 Å². The second kappa shape index (κ2) is 8.46. The topological polar surface area (TPSA) is 135 Å². The minimum absolute atomic E-state index is 0.0934. The summed E-state index contributed by atoms with van der Waals surface area (Å²) < 4.78 is 50.8. The van der Waals surface area contributed by atoms with Crippen molar-refractivity contribution >= 4 is 42.2 Å². The van der Waals surface area contributed by atoms with Crippen molar-refractivity contribution in [3.8, 4) is 0 Å². The molecule has 0 radical (unpaired) electrons. The van der Waals surface area contributed by atoms with Crippen LogP contribution in [0.1, 0.15) is 45.7 Å². The number of hydrogen-bond acceptors (Lipinski definition) is 8. The maximum Gasteiger partial charge on any atom is 0.270 e. The third-order valence-corrected chi connectivity index (χ3v) is 7.76. The summed E-state index contributed by atoms with van der Waals surface area (Å²) in [6.45, 7) is 6.98. The fourth-order valence-corrected chi connectivity index (χ4v) is 5.07. The highest BCUT2D eigenvalue weighted by Crippen LogP contribution is 2.26. The number of hydrogen-bond donors (Lipinski definition) is 2. The van der Waals surface area contributed by atoms with Gasteiger partial charge in [-0.2, -0.15) is 0 Å². The molecule has 0 bridgehead atoms. The minimum Gasteiger partial charge on any atom is -0.300 e. The van der Waals surface area contributed by atoms with E-state index in [-0.39, 0.29) is 20.3 Å². The van der Waals surface area contributed by atoms with Gasteiger partial charge in [0.2, 0.25) is 15.4 Å². The molecule has 2 rings (SSSR count). The van der Waals surface area contributed by atoms with Crippen molar-refractivity contribution in [1.29, 1.82) is 0 Å². The van der Waals surface area contributed by atoms with Crippen molar-refractivity contribution < 1.29 is 21.6 Å². The number of carbonyl (C=O) groups is 1. The summed E-state index contributed by atoms with van der Waals surface area (Å²) in [5.74, 6) is -0.303. The Morgan fingerprint density at radius 2 is 1.69 bits per heavy atom. The molecule has 1 amide bonds. The van der Waals surface area contributed by atoms with Gasteiger partial charge in [-0.3, -0.25) is 4.79 Å². The molecule has 160 valence electrons. The third-order valence-electron chi connectivity index (χ3n) is 3.95. The van der Waals surface area contributed by atoms with Crippen LogP contribution in [0.15, 0.2) is 33.5 Å². The van der Waals surface area contributed by atoms with Gasteiger partial charge in [-0.25, -0.2) is 21.6 Å². The number of rotatable bonds is 7. The Labute approximate surface area is 174 Å². The lowest BCUT2D eigenvalue weighted by Crippen LogP contribution is -2.28. The number of benzene rings is 1. The van der Waals surface area contributed by atoms with Crippen LogP contribution in [-0.4, -0.2) is 39.2 Å². The van der Waals surface area contributed by atoms with E-state index < -0.39 is 31.3 Å². The zero-order valence-electron chi connectivity index (χ0n) is 16.8. The SMILES string of the molecule is CC[C@H](NS(=O)(=O)c1nnc(NC(=O)C(C)(C)C)s1)c1ccc(S(C)(=O)=O)cc1. The summed E-state index contributed by atoms with van der Waals surface area (Å²) in [6.07, 6.45) is 1.54. The Balaban J connectivity index is 2.20. The summed E-state index contributed by atoms with van der Waals surface area (Å²) in [5, 5.41) is 10.0. The van der Waals surface area contributed by atoms with Crippen molar-refractivity contribution in [2.24, 2.45) is 5.41 Å². The molecule has 0 aliphatic carbocycles. The molecule has 1 aromatic carbocycles. The Morgan fingerprint density at radius 1 is 1.10 bits per heavy atom. The Bertz CT molecular complexity index is 1080. The molecule has 2 N–H and O–H groups in total. The summed E-state index contributed by atoms with van der Waals surface area (Å²) in [5.41, 5.74) is -0.0387. The first-order chi connectivity index (χ1) is 13.2. The number of sulfonamides is 1. The smallest absolute Gasteiger partial charge is 0.270 e. The van der Waals surface area contributed by atoms with Gasteiger partial charge < -0.3 is 5.32 Å². The van der Waals surface area contributed by atoms with Crippen molar-refractivity contribution in [2.75, 3.05) is 11.6 Å². The first-order valence-electron chi connectivity index (χ1n) is 8.71. The van der Waals surface area contributed by atoms with E-state index in [4.69, 9.17) is 0 Å². The lowest BCUT2D eigenvalue weighted by atomic mass is 9.96.